The van der Waals surface area contributed by atoms with Gasteiger partial charge in [-0.05, 0) is 32.1 Å². The monoisotopic (exact) mass is 290 g/mol. The molecule has 3 rings (SSSR count). The van der Waals surface area contributed by atoms with Crippen molar-refractivity contribution in [1.82, 2.24) is 19.8 Å². The summed E-state index contributed by atoms with van der Waals surface area (Å²) in [5, 5.41) is 3.12. The van der Waals surface area contributed by atoms with Gasteiger partial charge in [-0.1, -0.05) is 0 Å². The highest BCUT2D eigenvalue weighted by Gasteiger charge is 2.30. The molecule has 1 saturated carbocycles. The largest absolute Gasteiger partial charge is 0.353 e. The molecular weight excluding hydrogens is 268 g/mol. The predicted octanol–water partition coefficient (Wildman–Crippen LogP) is 0.816. The molecule has 6 nitrogen and oxygen atoms in total. The average Bonchev–Trinajstić information content (AvgIpc) is 2.84. The maximum Gasteiger partial charge on any atom is 0.273 e. The summed E-state index contributed by atoms with van der Waals surface area (Å²) in [7, 11) is 3.46. The SMILES string of the molecule is CN(C)C(=O)c1ncn2c1CCC(C(=O)NC1CCC1)C2. The molecule has 1 aromatic rings. The van der Waals surface area contributed by atoms with E-state index in [1.807, 2.05) is 4.57 Å². The molecular formula is C15H22N4O2. The van der Waals surface area contributed by atoms with Crippen LogP contribution in [-0.2, 0) is 17.8 Å². The summed E-state index contributed by atoms with van der Waals surface area (Å²) in [5.74, 6) is 0.0789. The molecule has 1 aliphatic heterocycles. The first-order chi connectivity index (χ1) is 10.1. The molecule has 6 heteroatoms. The van der Waals surface area contributed by atoms with Gasteiger partial charge in [0.2, 0.25) is 5.91 Å². The van der Waals surface area contributed by atoms with E-state index in [4.69, 9.17) is 0 Å². The molecule has 0 aromatic carbocycles. The standard InChI is InChI=1S/C15H22N4O2/c1-18(2)15(21)13-12-7-6-10(8-19(12)9-16-13)14(20)17-11-4-3-5-11/h9-11H,3-8H2,1-2H3,(H,17,20). The summed E-state index contributed by atoms with van der Waals surface area (Å²) in [6, 6.07) is 0.382. The second kappa shape index (κ2) is 5.50. The van der Waals surface area contributed by atoms with E-state index in [1.165, 1.54) is 6.42 Å². The highest BCUT2D eigenvalue weighted by atomic mass is 16.2. The number of fused-ring (bicyclic) bond motifs is 1. The zero-order valence-electron chi connectivity index (χ0n) is 12.6. The van der Waals surface area contributed by atoms with E-state index in [0.717, 1.165) is 31.4 Å². The number of carbonyl (C=O) groups excluding carboxylic acids is 2. The van der Waals surface area contributed by atoms with E-state index in [9.17, 15) is 9.59 Å². The van der Waals surface area contributed by atoms with E-state index in [2.05, 4.69) is 10.3 Å². The highest BCUT2D eigenvalue weighted by molar-refractivity contribution is 5.93. The van der Waals surface area contributed by atoms with Crippen molar-refractivity contribution in [2.75, 3.05) is 14.1 Å². The first-order valence-corrected chi connectivity index (χ1v) is 7.62. The third-order valence-electron chi connectivity index (χ3n) is 4.52. The van der Waals surface area contributed by atoms with Crippen LogP contribution in [0.15, 0.2) is 6.33 Å². The summed E-state index contributed by atoms with van der Waals surface area (Å²) in [4.78, 5) is 30.1. The third-order valence-corrected chi connectivity index (χ3v) is 4.52. The molecule has 0 saturated heterocycles. The molecule has 2 heterocycles. The Kier molecular flexibility index (Phi) is 3.69. The van der Waals surface area contributed by atoms with Crippen molar-refractivity contribution in [2.45, 2.75) is 44.7 Å². The van der Waals surface area contributed by atoms with Crippen LogP contribution in [0.25, 0.3) is 0 Å². The second-order valence-electron chi connectivity index (χ2n) is 6.26. The normalized spacial score (nSPS) is 21.3. The number of hydrogen-bond donors (Lipinski definition) is 1. The Balaban J connectivity index is 1.68. The first-order valence-electron chi connectivity index (χ1n) is 7.62. The van der Waals surface area contributed by atoms with E-state index in [-0.39, 0.29) is 17.7 Å². The molecule has 21 heavy (non-hydrogen) atoms. The zero-order valence-corrected chi connectivity index (χ0v) is 12.6. The molecule has 1 N–H and O–H groups in total. The van der Waals surface area contributed by atoms with Gasteiger partial charge in [0.1, 0.15) is 5.69 Å². The fourth-order valence-corrected chi connectivity index (χ4v) is 2.94. The van der Waals surface area contributed by atoms with Gasteiger partial charge in [-0.25, -0.2) is 4.98 Å². The number of carbonyl (C=O) groups is 2. The van der Waals surface area contributed by atoms with Gasteiger partial charge in [0.15, 0.2) is 0 Å². The predicted molar refractivity (Wildman–Crippen MR) is 77.8 cm³/mol. The lowest BCUT2D eigenvalue weighted by Crippen LogP contribution is -2.44. The summed E-state index contributed by atoms with van der Waals surface area (Å²) in [6.07, 6.45) is 6.65. The van der Waals surface area contributed by atoms with Crippen molar-refractivity contribution < 1.29 is 9.59 Å². The molecule has 1 fully saturated rings. The van der Waals surface area contributed by atoms with Gasteiger partial charge in [0.05, 0.1) is 17.9 Å². The lowest BCUT2D eigenvalue weighted by atomic mass is 9.91. The zero-order chi connectivity index (χ0) is 15.0. The molecule has 1 aromatic heterocycles. The Bertz CT molecular complexity index is 560. The van der Waals surface area contributed by atoms with Crippen LogP contribution in [0.2, 0.25) is 0 Å². The van der Waals surface area contributed by atoms with E-state index >= 15 is 0 Å². The first kappa shape index (κ1) is 14.1. The van der Waals surface area contributed by atoms with Gasteiger partial charge in [0, 0.05) is 26.7 Å². The van der Waals surface area contributed by atoms with Crippen molar-refractivity contribution in [1.29, 1.82) is 0 Å². The van der Waals surface area contributed by atoms with Crippen LogP contribution in [-0.4, -0.2) is 46.4 Å². The van der Waals surface area contributed by atoms with Gasteiger partial charge >= 0.3 is 0 Å². The smallest absolute Gasteiger partial charge is 0.273 e. The van der Waals surface area contributed by atoms with Crippen LogP contribution >= 0.6 is 0 Å². The molecule has 1 aliphatic carbocycles. The molecule has 0 spiro atoms. The van der Waals surface area contributed by atoms with Crippen LogP contribution in [0.5, 0.6) is 0 Å². The molecule has 0 radical (unpaired) electrons. The highest BCUT2D eigenvalue weighted by Crippen LogP contribution is 2.25. The van der Waals surface area contributed by atoms with Gasteiger partial charge < -0.3 is 14.8 Å². The maximum atomic E-state index is 12.2. The van der Waals surface area contributed by atoms with Crippen molar-refractivity contribution >= 4 is 11.8 Å². The molecule has 2 amide bonds. The van der Waals surface area contributed by atoms with E-state index in [0.29, 0.717) is 18.3 Å². The third kappa shape index (κ3) is 2.66. The Morgan fingerprint density at radius 1 is 1.33 bits per heavy atom. The number of nitrogens with zero attached hydrogens (tertiary/aromatic N) is 3. The molecule has 2 aliphatic rings. The number of amides is 2. The number of aromatic nitrogens is 2. The lowest BCUT2D eigenvalue weighted by molar-refractivity contribution is -0.127. The van der Waals surface area contributed by atoms with Crippen LogP contribution in [0.1, 0.15) is 41.9 Å². The quantitative estimate of drug-likeness (QED) is 0.896. The number of nitrogens with one attached hydrogen (secondary N) is 1. The number of hydrogen-bond acceptors (Lipinski definition) is 3. The minimum atomic E-state index is -0.0684. The van der Waals surface area contributed by atoms with Gasteiger partial charge in [-0.3, -0.25) is 9.59 Å². The van der Waals surface area contributed by atoms with Crippen LogP contribution < -0.4 is 5.32 Å². The Hall–Kier alpha value is -1.85. The molecule has 0 bridgehead atoms. The lowest BCUT2D eigenvalue weighted by Gasteiger charge is -2.30. The van der Waals surface area contributed by atoms with Crippen molar-refractivity contribution in [3.63, 3.8) is 0 Å². The summed E-state index contributed by atoms with van der Waals surface area (Å²) >= 11 is 0. The summed E-state index contributed by atoms with van der Waals surface area (Å²) in [6.45, 7) is 0.627. The van der Waals surface area contributed by atoms with Gasteiger partial charge in [-0.2, -0.15) is 0 Å². The second-order valence-corrected chi connectivity index (χ2v) is 6.26. The maximum absolute atomic E-state index is 12.2. The van der Waals surface area contributed by atoms with Crippen molar-refractivity contribution in [2.24, 2.45) is 5.92 Å². The summed E-state index contributed by atoms with van der Waals surface area (Å²) in [5.41, 5.74) is 1.49. The van der Waals surface area contributed by atoms with E-state index in [1.54, 1.807) is 25.3 Å². The van der Waals surface area contributed by atoms with Crippen molar-refractivity contribution in [3.8, 4) is 0 Å². The van der Waals surface area contributed by atoms with E-state index < -0.39 is 0 Å². The average molecular weight is 290 g/mol. The minimum Gasteiger partial charge on any atom is -0.353 e. The Labute approximate surface area is 124 Å². The van der Waals surface area contributed by atoms with Crippen LogP contribution in [0, 0.1) is 5.92 Å². The summed E-state index contributed by atoms with van der Waals surface area (Å²) < 4.78 is 1.96. The van der Waals surface area contributed by atoms with Crippen molar-refractivity contribution in [3.05, 3.63) is 17.7 Å². The van der Waals surface area contributed by atoms with Gasteiger partial charge in [0.25, 0.3) is 5.91 Å². The fourth-order valence-electron chi connectivity index (χ4n) is 2.94. The topological polar surface area (TPSA) is 67.2 Å². The Morgan fingerprint density at radius 3 is 2.71 bits per heavy atom. The van der Waals surface area contributed by atoms with Crippen LogP contribution in [0.3, 0.4) is 0 Å². The minimum absolute atomic E-state index is 0.00499. The van der Waals surface area contributed by atoms with Crippen LogP contribution in [0.4, 0.5) is 0 Å². The molecule has 1 unspecified atom stereocenters. The molecule has 114 valence electrons. The number of imidazole rings is 1. The number of rotatable bonds is 3. The Morgan fingerprint density at radius 2 is 2.10 bits per heavy atom. The molecule has 1 atom stereocenters. The van der Waals surface area contributed by atoms with Gasteiger partial charge in [-0.15, -0.1) is 0 Å². The fraction of sp³-hybridized carbons (Fsp3) is 0.667.